The summed E-state index contributed by atoms with van der Waals surface area (Å²) in [5.74, 6) is 0.465. The second-order valence-corrected chi connectivity index (χ2v) is 7.58. The van der Waals surface area contributed by atoms with Crippen LogP contribution in [0.3, 0.4) is 0 Å². The molecule has 25 heavy (non-hydrogen) atoms. The van der Waals surface area contributed by atoms with Crippen molar-refractivity contribution in [2.45, 2.75) is 38.3 Å². The van der Waals surface area contributed by atoms with E-state index in [1.165, 1.54) is 19.2 Å². The summed E-state index contributed by atoms with van der Waals surface area (Å²) in [5, 5.41) is 10.9. The first-order chi connectivity index (χ1) is 11.6. The Morgan fingerprint density at radius 1 is 1.32 bits per heavy atom. The maximum atomic E-state index is 12.3. The van der Waals surface area contributed by atoms with Crippen LogP contribution in [0.2, 0.25) is 0 Å². The SMILES string of the molecule is COc1cc([N+](=O)[O-])ccc1N1CC2(CCN2C(=O)OC(C)(C)C)C1. The smallest absolute Gasteiger partial charge is 0.410 e. The summed E-state index contributed by atoms with van der Waals surface area (Å²) in [6, 6.07) is 4.59. The van der Waals surface area contributed by atoms with Crippen molar-refractivity contribution in [1.82, 2.24) is 4.90 Å². The number of carbonyl (C=O) groups excluding carboxylic acids is 1. The van der Waals surface area contributed by atoms with Crippen molar-refractivity contribution in [1.29, 1.82) is 0 Å². The van der Waals surface area contributed by atoms with Gasteiger partial charge in [-0.1, -0.05) is 0 Å². The van der Waals surface area contributed by atoms with E-state index in [-0.39, 0.29) is 17.3 Å². The van der Waals surface area contributed by atoms with Gasteiger partial charge >= 0.3 is 6.09 Å². The lowest BCUT2D eigenvalue weighted by atomic mass is 9.77. The zero-order valence-corrected chi connectivity index (χ0v) is 14.9. The average Bonchev–Trinajstić information content (AvgIpc) is 2.42. The number of amides is 1. The lowest BCUT2D eigenvalue weighted by Crippen LogP contribution is -2.78. The molecule has 3 rings (SSSR count). The highest BCUT2D eigenvalue weighted by molar-refractivity contribution is 5.73. The van der Waals surface area contributed by atoms with Gasteiger partial charge in [0.2, 0.25) is 0 Å². The van der Waals surface area contributed by atoms with Crippen molar-refractivity contribution in [2.24, 2.45) is 0 Å². The summed E-state index contributed by atoms with van der Waals surface area (Å²) in [6.07, 6.45) is 0.645. The number of hydrogen-bond donors (Lipinski definition) is 0. The Kier molecular flexibility index (Phi) is 4.01. The van der Waals surface area contributed by atoms with E-state index in [1.54, 1.807) is 11.0 Å². The summed E-state index contributed by atoms with van der Waals surface area (Å²) >= 11 is 0. The van der Waals surface area contributed by atoms with Crippen LogP contribution >= 0.6 is 0 Å². The van der Waals surface area contributed by atoms with Crippen LogP contribution in [0.1, 0.15) is 27.2 Å². The zero-order valence-electron chi connectivity index (χ0n) is 14.9. The molecule has 1 amide bonds. The molecule has 0 bridgehead atoms. The average molecular weight is 349 g/mol. The molecule has 2 aliphatic heterocycles. The number of methoxy groups -OCH3 is 1. The molecule has 1 aromatic rings. The van der Waals surface area contributed by atoms with Gasteiger partial charge in [0.25, 0.3) is 5.69 Å². The minimum Gasteiger partial charge on any atom is -0.494 e. The zero-order chi connectivity index (χ0) is 18.4. The Morgan fingerprint density at radius 2 is 2.00 bits per heavy atom. The molecule has 0 aromatic heterocycles. The summed E-state index contributed by atoms with van der Waals surface area (Å²) in [6.45, 7) is 7.59. The number of nitrogens with zero attached hydrogens (tertiary/aromatic N) is 3. The topological polar surface area (TPSA) is 85.2 Å². The van der Waals surface area contributed by atoms with Gasteiger partial charge in [0.1, 0.15) is 11.4 Å². The molecule has 2 saturated heterocycles. The van der Waals surface area contributed by atoms with E-state index >= 15 is 0 Å². The summed E-state index contributed by atoms with van der Waals surface area (Å²) in [4.78, 5) is 26.6. The largest absolute Gasteiger partial charge is 0.494 e. The maximum absolute atomic E-state index is 12.3. The van der Waals surface area contributed by atoms with Crippen LogP contribution in [0.5, 0.6) is 5.75 Å². The van der Waals surface area contributed by atoms with Crippen LogP contribution in [0.15, 0.2) is 18.2 Å². The molecule has 8 nitrogen and oxygen atoms in total. The van der Waals surface area contributed by atoms with Crippen LogP contribution < -0.4 is 9.64 Å². The second kappa shape index (κ2) is 5.79. The minimum absolute atomic E-state index is 0.00476. The van der Waals surface area contributed by atoms with E-state index < -0.39 is 10.5 Å². The highest BCUT2D eigenvalue weighted by Gasteiger charge is 2.56. The first-order valence-corrected chi connectivity index (χ1v) is 8.23. The molecule has 0 aliphatic carbocycles. The van der Waals surface area contributed by atoms with Gasteiger partial charge in [0, 0.05) is 25.7 Å². The third-order valence-corrected chi connectivity index (χ3v) is 4.67. The third-order valence-electron chi connectivity index (χ3n) is 4.67. The summed E-state index contributed by atoms with van der Waals surface area (Å²) in [7, 11) is 1.49. The number of nitro benzene ring substituents is 1. The Balaban J connectivity index is 1.70. The fraction of sp³-hybridized carbons (Fsp3) is 0.588. The standard InChI is InChI=1S/C17H23N3O5/c1-16(2,3)25-15(21)19-8-7-17(19)10-18(11-17)13-6-5-12(20(22)23)9-14(13)24-4/h5-6,9H,7-8,10-11H2,1-4H3. The molecule has 2 fully saturated rings. The van der Waals surface area contributed by atoms with E-state index in [0.717, 1.165) is 12.1 Å². The molecule has 1 aromatic carbocycles. The number of anilines is 1. The van der Waals surface area contributed by atoms with E-state index in [9.17, 15) is 14.9 Å². The Labute approximate surface area is 146 Å². The molecule has 2 heterocycles. The number of likely N-dealkylation sites (tertiary alicyclic amines) is 1. The maximum Gasteiger partial charge on any atom is 0.410 e. The van der Waals surface area contributed by atoms with Gasteiger partial charge in [-0.25, -0.2) is 4.79 Å². The lowest BCUT2D eigenvalue weighted by Gasteiger charge is -2.62. The number of benzene rings is 1. The molecular formula is C17H23N3O5. The van der Waals surface area contributed by atoms with Crippen molar-refractivity contribution >= 4 is 17.5 Å². The Bertz CT molecular complexity index is 707. The fourth-order valence-electron chi connectivity index (χ4n) is 3.35. The van der Waals surface area contributed by atoms with Gasteiger partial charge in [0.15, 0.2) is 0 Å². The molecule has 1 spiro atoms. The van der Waals surface area contributed by atoms with Crippen LogP contribution in [0, 0.1) is 10.1 Å². The highest BCUT2D eigenvalue weighted by atomic mass is 16.6. The van der Waals surface area contributed by atoms with Crippen LogP contribution in [0.25, 0.3) is 0 Å². The van der Waals surface area contributed by atoms with Crippen molar-refractivity contribution in [2.75, 3.05) is 31.6 Å². The molecule has 136 valence electrons. The molecule has 0 atom stereocenters. The normalized spacial score (nSPS) is 18.4. The number of carbonyl (C=O) groups is 1. The number of ether oxygens (including phenoxy) is 2. The van der Waals surface area contributed by atoms with E-state index in [0.29, 0.717) is 25.4 Å². The van der Waals surface area contributed by atoms with Crippen LogP contribution in [-0.2, 0) is 4.74 Å². The Morgan fingerprint density at radius 3 is 2.48 bits per heavy atom. The van der Waals surface area contributed by atoms with Crippen LogP contribution in [-0.4, -0.2) is 53.8 Å². The van der Waals surface area contributed by atoms with E-state index in [1.807, 2.05) is 20.8 Å². The first-order valence-electron chi connectivity index (χ1n) is 8.23. The van der Waals surface area contributed by atoms with Crippen molar-refractivity contribution in [3.63, 3.8) is 0 Å². The number of nitro groups is 1. The molecule has 8 heteroatoms. The van der Waals surface area contributed by atoms with Gasteiger partial charge in [-0.2, -0.15) is 0 Å². The molecule has 2 aliphatic rings. The second-order valence-electron chi connectivity index (χ2n) is 7.58. The Hall–Kier alpha value is -2.51. The molecule has 0 unspecified atom stereocenters. The van der Waals surface area contributed by atoms with Gasteiger partial charge in [0.05, 0.1) is 29.3 Å². The van der Waals surface area contributed by atoms with Gasteiger partial charge in [-0.3, -0.25) is 15.0 Å². The van der Waals surface area contributed by atoms with Crippen molar-refractivity contribution in [3.8, 4) is 5.75 Å². The number of rotatable bonds is 3. The van der Waals surface area contributed by atoms with Crippen molar-refractivity contribution in [3.05, 3.63) is 28.3 Å². The summed E-state index contributed by atoms with van der Waals surface area (Å²) < 4.78 is 10.8. The minimum atomic E-state index is -0.515. The highest BCUT2D eigenvalue weighted by Crippen LogP contribution is 2.45. The monoisotopic (exact) mass is 349 g/mol. The summed E-state index contributed by atoms with van der Waals surface area (Å²) in [5.41, 5.74) is 0.0817. The quantitative estimate of drug-likeness (QED) is 0.616. The molecule has 0 N–H and O–H groups in total. The van der Waals surface area contributed by atoms with Crippen molar-refractivity contribution < 1.29 is 19.2 Å². The first kappa shape index (κ1) is 17.3. The number of non-ortho nitro benzene ring substituents is 1. The predicted molar refractivity (Wildman–Crippen MR) is 92.1 cm³/mol. The van der Waals surface area contributed by atoms with E-state index in [4.69, 9.17) is 9.47 Å². The van der Waals surface area contributed by atoms with Gasteiger partial charge < -0.3 is 14.4 Å². The molecule has 0 radical (unpaired) electrons. The van der Waals surface area contributed by atoms with Crippen LogP contribution in [0.4, 0.5) is 16.2 Å². The predicted octanol–water partition coefficient (Wildman–Crippen LogP) is 2.80. The molecular weight excluding hydrogens is 326 g/mol. The number of hydrogen-bond acceptors (Lipinski definition) is 6. The van der Waals surface area contributed by atoms with E-state index in [2.05, 4.69) is 4.90 Å². The fourth-order valence-corrected chi connectivity index (χ4v) is 3.35. The lowest BCUT2D eigenvalue weighted by molar-refractivity contribution is -0.384. The third kappa shape index (κ3) is 3.08. The molecule has 0 saturated carbocycles. The van der Waals surface area contributed by atoms with Gasteiger partial charge in [-0.05, 0) is 33.3 Å². The van der Waals surface area contributed by atoms with Gasteiger partial charge in [-0.15, -0.1) is 0 Å².